The van der Waals surface area contributed by atoms with Crippen molar-refractivity contribution in [3.8, 4) is 5.75 Å². The van der Waals surface area contributed by atoms with Crippen molar-refractivity contribution in [3.05, 3.63) is 53.9 Å². The van der Waals surface area contributed by atoms with Gasteiger partial charge in [-0.25, -0.2) is 9.97 Å². The van der Waals surface area contributed by atoms with Crippen LogP contribution < -0.4 is 14.5 Å². The lowest BCUT2D eigenvalue weighted by molar-refractivity contribution is 0.249. The Morgan fingerprint density at radius 3 is 2.22 bits per heavy atom. The van der Waals surface area contributed by atoms with Crippen LogP contribution in [0.2, 0.25) is 0 Å². The summed E-state index contributed by atoms with van der Waals surface area (Å²) in [6.45, 7) is 4.23. The van der Waals surface area contributed by atoms with Crippen molar-refractivity contribution in [2.24, 2.45) is 0 Å². The van der Waals surface area contributed by atoms with Crippen molar-refractivity contribution < 1.29 is 4.74 Å². The predicted octanol–water partition coefficient (Wildman–Crippen LogP) is 5.43. The molecule has 1 saturated carbocycles. The number of nitrogens with zero attached hydrogens (tertiary/aromatic N) is 5. The van der Waals surface area contributed by atoms with Crippen LogP contribution in [0, 0.1) is 0 Å². The molecule has 0 atom stereocenters. The Hall–Kier alpha value is -2.86. The molecule has 0 radical (unpaired) electrons. The first-order chi connectivity index (χ1) is 17.6. The molecule has 6 heteroatoms. The molecule has 0 unspecified atom stereocenters. The second-order valence-electron chi connectivity index (χ2n) is 11.1. The Balaban J connectivity index is 1.27. The number of benzene rings is 2. The van der Waals surface area contributed by atoms with Gasteiger partial charge in [0.1, 0.15) is 17.4 Å². The van der Waals surface area contributed by atoms with Gasteiger partial charge >= 0.3 is 0 Å². The van der Waals surface area contributed by atoms with Crippen molar-refractivity contribution in [1.82, 2.24) is 14.9 Å². The third kappa shape index (κ3) is 4.63. The topological polar surface area (TPSA) is 44.7 Å². The van der Waals surface area contributed by atoms with Crippen LogP contribution >= 0.6 is 0 Å². The van der Waals surface area contributed by atoms with Crippen molar-refractivity contribution in [1.29, 1.82) is 0 Å². The molecule has 6 rings (SSSR count). The van der Waals surface area contributed by atoms with E-state index >= 15 is 0 Å². The molecule has 2 saturated heterocycles. The molecule has 3 fully saturated rings. The van der Waals surface area contributed by atoms with E-state index in [4.69, 9.17) is 14.7 Å². The van der Waals surface area contributed by atoms with Crippen LogP contribution in [0.15, 0.2) is 42.5 Å². The van der Waals surface area contributed by atoms with Crippen LogP contribution in [0.25, 0.3) is 10.9 Å². The molecular weight excluding hydrogens is 446 g/mol. The molecule has 190 valence electrons. The Bertz CT molecular complexity index is 1210. The normalized spacial score (nSPS) is 19.9. The van der Waals surface area contributed by atoms with Crippen molar-refractivity contribution in [3.63, 3.8) is 0 Å². The van der Waals surface area contributed by atoms with E-state index in [1.165, 1.54) is 42.3 Å². The number of hydrogen-bond acceptors (Lipinski definition) is 6. The fraction of sp³-hybridized carbons (Fsp3) is 0.533. The van der Waals surface area contributed by atoms with Gasteiger partial charge in [0.15, 0.2) is 0 Å². The Morgan fingerprint density at radius 2 is 1.53 bits per heavy atom. The van der Waals surface area contributed by atoms with Gasteiger partial charge in [-0.05, 0) is 88.4 Å². The minimum absolute atomic E-state index is 0.530. The second kappa shape index (κ2) is 9.89. The van der Waals surface area contributed by atoms with Gasteiger partial charge < -0.3 is 19.4 Å². The molecule has 2 aromatic carbocycles. The molecule has 0 N–H and O–H groups in total. The lowest BCUT2D eigenvalue weighted by Gasteiger charge is -2.37. The van der Waals surface area contributed by atoms with Crippen LogP contribution in [0.5, 0.6) is 5.75 Å². The van der Waals surface area contributed by atoms with Gasteiger partial charge in [0.2, 0.25) is 0 Å². The molecule has 3 aliphatic rings. The first-order valence-electron chi connectivity index (χ1n) is 13.7. The van der Waals surface area contributed by atoms with Crippen molar-refractivity contribution >= 4 is 22.4 Å². The van der Waals surface area contributed by atoms with Crippen LogP contribution in [0.1, 0.15) is 61.7 Å². The number of anilines is 2. The van der Waals surface area contributed by atoms with Gasteiger partial charge in [-0.1, -0.05) is 18.2 Å². The number of rotatable bonds is 6. The number of ether oxygens (including phenoxy) is 1. The minimum Gasteiger partial charge on any atom is -0.496 e. The van der Waals surface area contributed by atoms with Crippen LogP contribution in [0.3, 0.4) is 0 Å². The zero-order chi connectivity index (χ0) is 24.6. The molecule has 3 heterocycles. The number of piperidine rings is 2. The monoisotopic (exact) mass is 485 g/mol. The van der Waals surface area contributed by atoms with Gasteiger partial charge in [0, 0.05) is 49.2 Å². The number of para-hydroxylation sites is 1. The van der Waals surface area contributed by atoms with E-state index in [1.807, 2.05) is 0 Å². The summed E-state index contributed by atoms with van der Waals surface area (Å²) in [5.41, 5.74) is 3.75. The number of methoxy groups -OCH3 is 1. The average molecular weight is 486 g/mol. The Labute approximate surface area is 215 Å². The highest BCUT2D eigenvalue weighted by atomic mass is 16.5. The molecule has 0 spiro atoms. The molecule has 36 heavy (non-hydrogen) atoms. The summed E-state index contributed by atoms with van der Waals surface area (Å²) in [6, 6.07) is 16.1. The van der Waals surface area contributed by atoms with Gasteiger partial charge in [0.05, 0.1) is 12.6 Å². The zero-order valence-electron chi connectivity index (χ0n) is 22.0. The fourth-order valence-electron chi connectivity index (χ4n) is 6.13. The summed E-state index contributed by atoms with van der Waals surface area (Å²) in [6.07, 6.45) is 7.10. The van der Waals surface area contributed by atoms with E-state index in [0.29, 0.717) is 17.9 Å². The third-order valence-corrected chi connectivity index (χ3v) is 8.55. The van der Waals surface area contributed by atoms with Gasteiger partial charge in [-0.3, -0.25) is 0 Å². The lowest BCUT2D eigenvalue weighted by Crippen LogP contribution is -2.42. The number of fused-ring (bicyclic) bond motifs is 1. The summed E-state index contributed by atoms with van der Waals surface area (Å²) in [4.78, 5) is 17.7. The van der Waals surface area contributed by atoms with E-state index in [-0.39, 0.29) is 0 Å². The molecular formula is C30H39N5O. The first kappa shape index (κ1) is 23.5. The maximum absolute atomic E-state index is 5.67. The van der Waals surface area contributed by atoms with Crippen LogP contribution in [-0.2, 0) is 0 Å². The lowest BCUT2D eigenvalue weighted by atomic mass is 9.88. The van der Waals surface area contributed by atoms with Crippen LogP contribution in [0.4, 0.5) is 11.5 Å². The quantitative estimate of drug-likeness (QED) is 0.464. The van der Waals surface area contributed by atoms with E-state index in [1.54, 1.807) is 7.11 Å². The van der Waals surface area contributed by atoms with Gasteiger partial charge in [-0.15, -0.1) is 0 Å². The van der Waals surface area contributed by atoms with E-state index < -0.39 is 0 Å². The molecule has 3 aromatic rings. The van der Waals surface area contributed by atoms with E-state index in [9.17, 15) is 0 Å². The average Bonchev–Trinajstić information content (AvgIpc) is 3.78. The maximum atomic E-state index is 5.67. The highest BCUT2D eigenvalue weighted by Gasteiger charge is 2.30. The number of aromatic nitrogens is 2. The van der Waals surface area contributed by atoms with Crippen molar-refractivity contribution in [2.75, 3.05) is 57.2 Å². The Kier molecular flexibility index (Phi) is 6.46. The zero-order valence-corrected chi connectivity index (χ0v) is 22.0. The summed E-state index contributed by atoms with van der Waals surface area (Å²) in [5.74, 6) is 4.28. The molecule has 2 aliphatic heterocycles. The standard InChI is InChI=1S/C30H39N5O/c1-33(2)23-14-18-34(19-15-23)24-10-11-27-26(20-24)30(32-29(31-27)22-8-9-22)35-16-12-21(13-17-35)25-6-4-5-7-28(25)36-3/h4-7,10-11,20-23H,8-9,12-19H2,1-3H3. The summed E-state index contributed by atoms with van der Waals surface area (Å²) >= 11 is 0. The third-order valence-electron chi connectivity index (χ3n) is 8.55. The molecule has 0 amide bonds. The van der Waals surface area contributed by atoms with Gasteiger partial charge in [0.25, 0.3) is 0 Å². The number of hydrogen-bond donors (Lipinski definition) is 0. The van der Waals surface area contributed by atoms with E-state index in [0.717, 1.165) is 61.9 Å². The second-order valence-corrected chi connectivity index (χ2v) is 11.1. The molecule has 0 bridgehead atoms. The van der Waals surface area contributed by atoms with Gasteiger partial charge in [-0.2, -0.15) is 0 Å². The van der Waals surface area contributed by atoms with E-state index in [2.05, 4.69) is 71.3 Å². The molecule has 6 nitrogen and oxygen atoms in total. The summed E-state index contributed by atoms with van der Waals surface area (Å²) < 4.78 is 5.67. The minimum atomic E-state index is 0.530. The molecule has 1 aromatic heterocycles. The SMILES string of the molecule is COc1ccccc1C1CCN(c2nc(C3CC3)nc3ccc(N4CCC(N(C)C)CC4)cc23)CC1. The highest BCUT2D eigenvalue weighted by Crippen LogP contribution is 2.42. The highest BCUT2D eigenvalue weighted by molar-refractivity contribution is 5.92. The smallest absolute Gasteiger partial charge is 0.140 e. The van der Waals surface area contributed by atoms with Crippen LogP contribution in [-0.4, -0.2) is 68.3 Å². The van der Waals surface area contributed by atoms with Crippen molar-refractivity contribution in [2.45, 2.75) is 56.4 Å². The summed E-state index contributed by atoms with van der Waals surface area (Å²) in [5, 5.41) is 1.21. The fourth-order valence-corrected chi connectivity index (χ4v) is 6.13. The maximum Gasteiger partial charge on any atom is 0.140 e. The Morgan fingerprint density at radius 1 is 0.806 bits per heavy atom. The largest absolute Gasteiger partial charge is 0.496 e. The summed E-state index contributed by atoms with van der Waals surface area (Å²) in [7, 11) is 6.18. The first-order valence-corrected chi connectivity index (χ1v) is 13.7. The molecule has 1 aliphatic carbocycles. The predicted molar refractivity (Wildman–Crippen MR) is 148 cm³/mol.